The summed E-state index contributed by atoms with van der Waals surface area (Å²) >= 11 is 3.49. The van der Waals surface area contributed by atoms with Crippen molar-refractivity contribution in [2.75, 3.05) is 31.1 Å². The molecule has 1 saturated heterocycles. The van der Waals surface area contributed by atoms with Gasteiger partial charge in [-0.15, -0.1) is 24.8 Å². The van der Waals surface area contributed by atoms with Gasteiger partial charge in [0, 0.05) is 23.6 Å². The lowest BCUT2D eigenvalue weighted by atomic mass is 10.0. The maximum atomic E-state index is 11.9. The number of para-hydroxylation sites is 1. The van der Waals surface area contributed by atoms with E-state index in [1.54, 1.807) is 4.90 Å². The van der Waals surface area contributed by atoms with Gasteiger partial charge < -0.3 is 15.7 Å². The Balaban J connectivity index is 0.00000392. The molecule has 1 fully saturated rings. The third kappa shape index (κ3) is 9.88. The Hall–Kier alpha value is -0.530. The molecular weight excluding hydrogens is 477 g/mol. The van der Waals surface area contributed by atoms with Gasteiger partial charge in [-0.2, -0.15) is 0 Å². The number of nitrogens with two attached hydrogens (primary N) is 1. The molecule has 0 bridgehead atoms. The van der Waals surface area contributed by atoms with E-state index in [2.05, 4.69) is 20.8 Å². The van der Waals surface area contributed by atoms with Crippen LogP contribution in [0.2, 0.25) is 0 Å². The highest BCUT2D eigenvalue weighted by molar-refractivity contribution is 9.10. The Kier molecular flexibility index (Phi) is 15.9. The summed E-state index contributed by atoms with van der Waals surface area (Å²) in [5.41, 5.74) is 6.26. The number of likely N-dealkylation sites (tertiary alicyclic amines) is 1. The minimum atomic E-state index is -0.866. The molecule has 168 valence electrons. The number of carboxylic acid groups (broad SMARTS) is 1. The quantitative estimate of drug-likeness (QED) is 0.360. The Morgan fingerprint density at radius 1 is 1.03 bits per heavy atom. The normalized spacial score (nSPS) is 14.7. The van der Waals surface area contributed by atoms with Gasteiger partial charge in [-0.3, -0.25) is 4.90 Å². The predicted octanol–water partition coefficient (Wildman–Crippen LogP) is 5.93. The van der Waals surface area contributed by atoms with Crippen LogP contribution in [0.15, 0.2) is 28.7 Å². The zero-order valence-electron chi connectivity index (χ0n) is 17.1. The number of unbranched alkanes of at least 4 members (excludes halogenated alkanes) is 6. The predicted molar refractivity (Wildman–Crippen MR) is 130 cm³/mol. The SMILES string of the molecule is Cl.Cl.NCCCCCCCCCN1CCC(N(C(=O)O)c2ccccc2Br)CC1. The number of hydrogen-bond acceptors (Lipinski definition) is 3. The van der Waals surface area contributed by atoms with Crippen molar-refractivity contribution < 1.29 is 9.90 Å². The molecule has 8 heteroatoms. The smallest absolute Gasteiger partial charge is 0.412 e. The molecule has 0 aromatic heterocycles. The molecule has 1 heterocycles. The van der Waals surface area contributed by atoms with Crippen LogP contribution in [-0.2, 0) is 0 Å². The van der Waals surface area contributed by atoms with Gasteiger partial charge in [0.15, 0.2) is 0 Å². The van der Waals surface area contributed by atoms with E-state index in [0.717, 1.165) is 55.6 Å². The van der Waals surface area contributed by atoms with Gasteiger partial charge in [-0.1, -0.05) is 44.2 Å². The van der Waals surface area contributed by atoms with Crippen molar-refractivity contribution in [3.63, 3.8) is 0 Å². The topological polar surface area (TPSA) is 69.8 Å². The number of anilines is 1. The minimum Gasteiger partial charge on any atom is -0.465 e. The van der Waals surface area contributed by atoms with E-state index in [0.29, 0.717) is 0 Å². The van der Waals surface area contributed by atoms with E-state index in [1.165, 1.54) is 38.5 Å². The lowest BCUT2D eigenvalue weighted by molar-refractivity contribution is 0.180. The summed E-state index contributed by atoms with van der Waals surface area (Å²) in [6.07, 6.45) is 9.83. The molecule has 1 aromatic rings. The Morgan fingerprint density at radius 2 is 1.59 bits per heavy atom. The summed E-state index contributed by atoms with van der Waals surface area (Å²) in [6.45, 7) is 3.92. The number of halogens is 3. The first-order valence-corrected chi connectivity index (χ1v) is 11.1. The van der Waals surface area contributed by atoms with Crippen molar-refractivity contribution in [2.24, 2.45) is 5.73 Å². The summed E-state index contributed by atoms with van der Waals surface area (Å²) in [4.78, 5) is 15.9. The summed E-state index contributed by atoms with van der Waals surface area (Å²) in [7, 11) is 0. The van der Waals surface area contributed by atoms with Gasteiger partial charge in [0.2, 0.25) is 0 Å². The van der Waals surface area contributed by atoms with Crippen LogP contribution in [0.4, 0.5) is 10.5 Å². The minimum absolute atomic E-state index is 0. The fourth-order valence-electron chi connectivity index (χ4n) is 3.87. The molecule has 2 rings (SSSR count). The van der Waals surface area contributed by atoms with Crippen LogP contribution in [0.25, 0.3) is 0 Å². The molecule has 0 aliphatic carbocycles. The molecule has 1 aliphatic rings. The van der Waals surface area contributed by atoms with E-state index in [9.17, 15) is 9.90 Å². The van der Waals surface area contributed by atoms with Crippen LogP contribution < -0.4 is 10.6 Å². The molecule has 1 aliphatic heterocycles. The third-order valence-electron chi connectivity index (χ3n) is 5.42. The van der Waals surface area contributed by atoms with Gasteiger partial charge in [-0.05, 0) is 66.8 Å². The van der Waals surface area contributed by atoms with E-state index in [-0.39, 0.29) is 30.9 Å². The number of amides is 1. The molecule has 1 aromatic carbocycles. The molecule has 0 radical (unpaired) electrons. The zero-order chi connectivity index (χ0) is 19.5. The molecule has 1 amide bonds. The standard InChI is InChI=1S/C21H34BrN3O2.2ClH/c22-19-10-6-7-11-20(19)25(21(26)27)18-12-16-24(17-13-18)15-9-5-3-1-2-4-8-14-23;;/h6-7,10-11,18H,1-5,8-9,12-17,23H2,(H,26,27);2*1H. The van der Waals surface area contributed by atoms with Crippen molar-refractivity contribution in [1.82, 2.24) is 4.90 Å². The van der Waals surface area contributed by atoms with Crippen LogP contribution in [0.1, 0.15) is 57.8 Å². The van der Waals surface area contributed by atoms with Crippen molar-refractivity contribution in [3.8, 4) is 0 Å². The average Bonchev–Trinajstić information content (AvgIpc) is 2.66. The molecule has 0 unspecified atom stereocenters. The molecule has 0 atom stereocenters. The fraction of sp³-hybridized carbons (Fsp3) is 0.667. The summed E-state index contributed by atoms with van der Waals surface area (Å²) in [6, 6.07) is 7.63. The molecule has 3 N–H and O–H groups in total. The molecule has 0 spiro atoms. The first-order chi connectivity index (χ1) is 13.1. The lowest BCUT2D eigenvalue weighted by Crippen LogP contribution is -2.47. The summed E-state index contributed by atoms with van der Waals surface area (Å²) in [5.74, 6) is 0. The highest BCUT2D eigenvalue weighted by Crippen LogP contribution is 2.30. The van der Waals surface area contributed by atoms with E-state index >= 15 is 0 Å². The van der Waals surface area contributed by atoms with Gasteiger partial charge >= 0.3 is 6.09 Å². The first kappa shape index (κ1) is 28.5. The van der Waals surface area contributed by atoms with Gasteiger partial charge in [0.25, 0.3) is 0 Å². The zero-order valence-corrected chi connectivity index (χ0v) is 20.3. The highest BCUT2D eigenvalue weighted by atomic mass is 79.9. The molecule has 5 nitrogen and oxygen atoms in total. The maximum Gasteiger partial charge on any atom is 0.412 e. The van der Waals surface area contributed by atoms with Crippen molar-refractivity contribution in [1.29, 1.82) is 0 Å². The summed E-state index contributed by atoms with van der Waals surface area (Å²) in [5, 5.41) is 9.73. The van der Waals surface area contributed by atoms with Crippen LogP contribution >= 0.6 is 40.7 Å². The molecule has 0 saturated carbocycles. The average molecular weight is 513 g/mol. The third-order valence-corrected chi connectivity index (χ3v) is 6.09. The van der Waals surface area contributed by atoms with Crippen LogP contribution in [0.3, 0.4) is 0 Å². The number of rotatable bonds is 11. The van der Waals surface area contributed by atoms with Gasteiger partial charge in [0.05, 0.1) is 5.69 Å². The second-order valence-corrected chi connectivity index (χ2v) is 8.29. The highest BCUT2D eigenvalue weighted by Gasteiger charge is 2.29. The lowest BCUT2D eigenvalue weighted by Gasteiger charge is -2.37. The van der Waals surface area contributed by atoms with E-state index in [1.807, 2.05) is 24.3 Å². The second kappa shape index (κ2) is 16.2. The number of piperidine rings is 1. The first-order valence-electron chi connectivity index (χ1n) is 10.3. The number of carbonyl (C=O) groups is 1. The number of nitrogens with zero attached hydrogens (tertiary/aromatic N) is 2. The second-order valence-electron chi connectivity index (χ2n) is 7.44. The largest absolute Gasteiger partial charge is 0.465 e. The Bertz CT molecular complexity index is 573. The van der Waals surface area contributed by atoms with Gasteiger partial charge in [-0.25, -0.2) is 4.79 Å². The maximum absolute atomic E-state index is 11.9. The van der Waals surface area contributed by atoms with E-state index in [4.69, 9.17) is 5.73 Å². The fourth-order valence-corrected chi connectivity index (χ4v) is 4.34. The molecular formula is C21H36BrCl2N3O2. The van der Waals surface area contributed by atoms with Crippen LogP contribution in [0, 0.1) is 0 Å². The molecule has 29 heavy (non-hydrogen) atoms. The van der Waals surface area contributed by atoms with E-state index < -0.39 is 6.09 Å². The number of benzene rings is 1. The Morgan fingerprint density at radius 3 is 2.14 bits per heavy atom. The monoisotopic (exact) mass is 511 g/mol. The summed E-state index contributed by atoms with van der Waals surface area (Å²) < 4.78 is 0.835. The van der Waals surface area contributed by atoms with Crippen LogP contribution in [0.5, 0.6) is 0 Å². The van der Waals surface area contributed by atoms with Crippen molar-refractivity contribution in [3.05, 3.63) is 28.7 Å². The van der Waals surface area contributed by atoms with Crippen molar-refractivity contribution >= 4 is 52.5 Å². The van der Waals surface area contributed by atoms with Crippen LogP contribution in [-0.4, -0.2) is 48.3 Å². The van der Waals surface area contributed by atoms with Gasteiger partial charge in [0.1, 0.15) is 0 Å². The van der Waals surface area contributed by atoms with Crippen molar-refractivity contribution in [2.45, 2.75) is 63.8 Å². The number of hydrogen-bond donors (Lipinski definition) is 2. The Labute approximate surface area is 196 Å².